The van der Waals surface area contributed by atoms with E-state index in [1.807, 2.05) is 11.0 Å². The van der Waals surface area contributed by atoms with Crippen molar-refractivity contribution in [2.45, 2.75) is 38.8 Å². The monoisotopic (exact) mass is 330 g/mol. The number of nitrogens with zero attached hydrogens (tertiary/aromatic N) is 1. The highest BCUT2D eigenvalue weighted by molar-refractivity contribution is 5.81. The second kappa shape index (κ2) is 6.20. The summed E-state index contributed by atoms with van der Waals surface area (Å²) < 4.78 is 19.0. The van der Waals surface area contributed by atoms with E-state index < -0.39 is 0 Å². The van der Waals surface area contributed by atoms with Crippen LogP contribution in [0.4, 0.5) is 4.39 Å². The summed E-state index contributed by atoms with van der Waals surface area (Å²) in [7, 11) is 0. The topological polar surface area (TPSA) is 45.5 Å². The van der Waals surface area contributed by atoms with Crippen LogP contribution in [0.1, 0.15) is 31.9 Å². The second-order valence-corrected chi connectivity index (χ2v) is 7.21. The number of amides is 1. The van der Waals surface area contributed by atoms with Crippen LogP contribution < -0.4 is 5.32 Å². The van der Waals surface area contributed by atoms with E-state index >= 15 is 0 Å². The number of fused-ring (bicyclic) bond motifs is 1. The largest absolute Gasteiger partial charge is 0.460 e. The predicted molar refractivity (Wildman–Crippen MR) is 89.9 cm³/mol. The zero-order valence-electron chi connectivity index (χ0n) is 13.9. The molecule has 5 heteroatoms. The molecular formula is C19H23FN2O2. The average molecular weight is 330 g/mol. The number of piperidine rings is 1. The molecule has 2 atom stereocenters. The highest BCUT2D eigenvalue weighted by atomic mass is 19.1. The van der Waals surface area contributed by atoms with E-state index in [4.69, 9.17) is 4.42 Å². The minimum Gasteiger partial charge on any atom is -0.460 e. The Morgan fingerprint density at radius 3 is 2.92 bits per heavy atom. The van der Waals surface area contributed by atoms with Gasteiger partial charge in [0.25, 0.3) is 0 Å². The third-order valence-electron chi connectivity index (χ3n) is 5.21. The van der Waals surface area contributed by atoms with Gasteiger partial charge in [-0.1, -0.05) is 6.92 Å². The van der Waals surface area contributed by atoms with Gasteiger partial charge in [-0.3, -0.25) is 4.79 Å². The SMILES string of the molecule is CC1CN(C(=O)C2CC2)CCC1NCc1cc2cc(F)ccc2o1. The van der Waals surface area contributed by atoms with Crippen LogP contribution in [0.2, 0.25) is 0 Å². The minimum absolute atomic E-state index is 0.246. The van der Waals surface area contributed by atoms with E-state index in [-0.39, 0.29) is 5.82 Å². The molecule has 1 N–H and O–H groups in total. The molecule has 2 fully saturated rings. The van der Waals surface area contributed by atoms with E-state index in [1.165, 1.54) is 12.1 Å². The molecule has 1 amide bonds. The van der Waals surface area contributed by atoms with Crippen molar-refractivity contribution < 1.29 is 13.6 Å². The molecule has 1 aliphatic heterocycles. The first-order chi connectivity index (χ1) is 11.6. The van der Waals surface area contributed by atoms with Crippen LogP contribution >= 0.6 is 0 Å². The molecule has 2 aliphatic rings. The van der Waals surface area contributed by atoms with Crippen molar-refractivity contribution in [3.63, 3.8) is 0 Å². The first-order valence-electron chi connectivity index (χ1n) is 8.80. The van der Waals surface area contributed by atoms with Crippen molar-refractivity contribution in [3.8, 4) is 0 Å². The van der Waals surface area contributed by atoms with Gasteiger partial charge in [0.05, 0.1) is 6.54 Å². The molecule has 24 heavy (non-hydrogen) atoms. The van der Waals surface area contributed by atoms with Crippen molar-refractivity contribution in [3.05, 3.63) is 35.8 Å². The molecule has 2 unspecified atom stereocenters. The van der Waals surface area contributed by atoms with Crippen molar-refractivity contribution >= 4 is 16.9 Å². The molecule has 0 spiro atoms. The maximum atomic E-state index is 13.2. The summed E-state index contributed by atoms with van der Waals surface area (Å²) in [5, 5.41) is 4.34. The van der Waals surface area contributed by atoms with E-state index in [0.717, 1.165) is 43.5 Å². The number of carbonyl (C=O) groups excluding carboxylic acids is 1. The minimum atomic E-state index is -0.246. The Bertz CT molecular complexity index is 753. The maximum absolute atomic E-state index is 13.2. The highest BCUT2D eigenvalue weighted by Crippen LogP contribution is 2.32. The lowest BCUT2D eigenvalue weighted by atomic mass is 9.93. The zero-order valence-corrected chi connectivity index (χ0v) is 13.9. The molecule has 0 radical (unpaired) electrons. The molecule has 1 saturated heterocycles. The van der Waals surface area contributed by atoms with Gasteiger partial charge in [0.15, 0.2) is 0 Å². The van der Waals surface area contributed by atoms with E-state index in [9.17, 15) is 9.18 Å². The molecular weight excluding hydrogens is 307 g/mol. The lowest BCUT2D eigenvalue weighted by molar-refractivity contribution is -0.134. The molecule has 2 aromatic rings. The van der Waals surface area contributed by atoms with E-state index in [1.54, 1.807) is 6.07 Å². The Balaban J connectivity index is 1.34. The van der Waals surface area contributed by atoms with Gasteiger partial charge < -0.3 is 14.6 Å². The van der Waals surface area contributed by atoms with Gasteiger partial charge >= 0.3 is 0 Å². The summed E-state index contributed by atoms with van der Waals surface area (Å²) >= 11 is 0. The fraction of sp³-hybridized carbons (Fsp3) is 0.526. The Kier molecular flexibility index (Phi) is 4.04. The number of benzene rings is 1. The van der Waals surface area contributed by atoms with Crippen LogP contribution in [-0.4, -0.2) is 29.9 Å². The maximum Gasteiger partial charge on any atom is 0.225 e. The average Bonchev–Trinajstić information content (AvgIpc) is 3.33. The number of furan rings is 1. The molecule has 4 nitrogen and oxygen atoms in total. The Morgan fingerprint density at radius 2 is 2.17 bits per heavy atom. The fourth-order valence-corrected chi connectivity index (χ4v) is 3.63. The highest BCUT2D eigenvalue weighted by Gasteiger charge is 2.36. The lowest BCUT2D eigenvalue weighted by Crippen LogP contribution is -2.50. The number of nitrogens with one attached hydrogen (secondary N) is 1. The zero-order chi connectivity index (χ0) is 16.7. The predicted octanol–water partition coefficient (Wildman–Crippen LogP) is 3.31. The van der Waals surface area contributed by atoms with Crippen molar-refractivity contribution in [1.82, 2.24) is 10.2 Å². The quantitative estimate of drug-likeness (QED) is 0.935. The van der Waals surface area contributed by atoms with Gasteiger partial charge in [0.1, 0.15) is 17.2 Å². The van der Waals surface area contributed by atoms with E-state index in [0.29, 0.717) is 35.9 Å². The number of hydrogen-bond acceptors (Lipinski definition) is 3. The first kappa shape index (κ1) is 15.6. The first-order valence-corrected chi connectivity index (χ1v) is 8.80. The standard InChI is InChI=1S/C19H23FN2O2/c1-12-11-22(19(23)13-2-3-13)7-6-17(12)21-10-16-9-14-8-15(20)4-5-18(14)24-16/h4-5,8-9,12-13,17,21H,2-3,6-7,10-11H2,1H3. The molecule has 2 heterocycles. The number of rotatable bonds is 4. The fourth-order valence-electron chi connectivity index (χ4n) is 3.63. The molecule has 0 bridgehead atoms. The number of carbonyl (C=O) groups is 1. The van der Waals surface area contributed by atoms with Crippen molar-refractivity contribution in [2.75, 3.05) is 13.1 Å². The summed E-state index contributed by atoms with van der Waals surface area (Å²) in [6.07, 6.45) is 3.10. The van der Waals surface area contributed by atoms with Crippen LogP contribution in [0.3, 0.4) is 0 Å². The van der Waals surface area contributed by atoms with E-state index in [2.05, 4.69) is 12.2 Å². The smallest absolute Gasteiger partial charge is 0.225 e. The summed E-state index contributed by atoms with van der Waals surface area (Å²) in [4.78, 5) is 14.2. The summed E-state index contributed by atoms with van der Waals surface area (Å²) in [5.74, 6) is 1.64. The summed E-state index contributed by atoms with van der Waals surface area (Å²) in [6.45, 7) is 4.49. The third-order valence-corrected chi connectivity index (χ3v) is 5.21. The van der Waals surface area contributed by atoms with Crippen LogP contribution in [0, 0.1) is 17.7 Å². The summed E-state index contributed by atoms with van der Waals surface area (Å²) in [5.41, 5.74) is 0.714. The third kappa shape index (κ3) is 3.18. The normalized spacial score (nSPS) is 24.5. The van der Waals surface area contributed by atoms with Gasteiger partial charge in [-0.25, -0.2) is 4.39 Å². The Hall–Kier alpha value is -1.88. The molecule has 4 rings (SSSR count). The number of halogens is 1. The molecule has 1 aromatic carbocycles. The van der Waals surface area contributed by atoms with Gasteiger partial charge in [-0.15, -0.1) is 0 Å². The lowest BCUT2D eigenvalue weighted by Gasteiger charge is -2.37. The molecule has 1 aromatic heterocycles. The van der Waals surface area contributed by atoms with Crippen molar-refractivity contribution in [2.24, 2.45) is 11.8 Å². The molecule has 128 valence electrons. The van der Waals surface area contributed by atoms with Crippen LogP contribution in [0.25, 0.3) is 11.0 Å². The summed E-state index contributed by atoms with van der Waals surface area (Å²) in [6, 6.07) is 6.84. The van der Waals surface area contributed by atoms with Gasteiger partial charge in [0.2, 0.25) is 5.91 Å². The van der Waals surface area contributed by atoms with Gasteiger partial charge in [-0.05, 0) is 49.4 Å². The number of hydrogen-bond donors (Lipinski definition) is 1. The number of likely N-dealkylation sites (tertiary alicyclic amines) is 1. The van der Waals surface area contributed by atoms with Gasteiger partial charge in [-0.2, -0.15) is 0 Å². The van der Waals surface area contributed by atoms with Crippen LogP contribution in [0.15, 0.2) is 28.7 Å². The van der Waals surface area contributed by atoms with Crippen molar-refractivity contribution in [1.29, 1.82) is 0 Å². The van der Waals surface area contributed by atoms with Crippen LogP contribution in [-0.2, 0) is 11.3 Å². The molecule has 1 aliphatic carbocycles. The van der Waals surface area contributed by atoms with Crippen LogP contribution in [0.5, 0.6) is 0 Å². The Morgan fingerprint density at radius 1 is 1.33 bits per heavy atom. The second-order valence-electron chi connectivity index (χ2n) is 7.21. The Labute approximate surface area is 141 Å². The van der Waals surface area contributed by atoms with Gasteiger partial charge in [0, 0.05) is 30.4 Å². The molecule has 1 saturated carbocycles.